The number of hydrogen-bond acceptors (Lipinski definition) is 4. The van der Waals surface area contributed by atoms with Crippen LogP contribution >= 0.6 is 23.2 Å². The van der Waals surface area contributed by atoms with Crippen molar-refractivity contribution >= 4 is 29.1 Å². The van der Waals surface area contributed by atoms with Crippen LogP contribution in [-0.2, 0) is 24.8 Å². The van der Waals surface area contributed by atoms with Crippen LogP contribution in [0.4, 0.5) is 0 Å². The first kappa shape index (κ1) is 23.8. The molecule has 0 spiro atoms. The van der Waals surface area contributed by atoms with E-state index in [0.717, 1.165) is 48.9 Å². The maximum Gasteiger partial charge on any atom is 0.250 e. The summed E-state index contributed by atoms with van der Waals surface area (Å²) in [6, 6.07) is 7.42. The molecule has 2 atom stereocenters. The molecule has 6 nitrogen and oxygen atoms in total. The number of unbranched alkanes of at least 4 members (excludes halogenated alkanes) is 1. The summed E-state index contributed by atoms with van der Waals surface area (Å²) in [6.07, 6.45) is 4.89. The molecule has 8 heteroatoms. The minimum atomic E-state index is -0.386. The summed E-state index contributed by atoms with van der Waals surface area (Å²) >= 11 is 12.8. The molecule has 1 aliphatic heterocycles. The number of benzene rings is 1. The summed E-state index contributed by atoms with van der Waals surface area (Å²) in [4.78, 5) is 26.5. The number of carbonyl (C=O) groups excluding carboxylic acids is 1. The van der Waals surface area contributed by atoms with E-state index in [9.17, 15) is 9.59 Å². The second kappa shape index (κ2) is 10.6. The molecule has 3 rings (SSSR count). The van der Waals surface area contributed by atoms with Crippen LogP contribution in [0.5, 0.6) is 0 Å². The molecule has 2 unspecified atom stereocenters. The smallest absolute Gasteiger partial charge is 0.250 e. The van der Waals surface area contributed by atoms with Gasteiger partial charge in [0.15, 0.2) is 0 Å². The molecule has 1 fully saturated rings. The molecule has 0 saturated carbocycles. The zero-order valence-electron chi connectivity index (χ0n) is 17.7. The van der Waals surface area contributed by atoms with Crippen LogP contribution in [0.15, 0.2) is 35.3 Å². The zero-order valence-corrected chi connectivity index (χ0v) is 19.2. The van der Waals surface area contributed by atoms with E-state index in [1.165, 1.54) is 4.57 Å². The van der Waals surface area contributed by atoms with Crippen molar-refractivity contribution in [1.29, 1.82) is 0 Å². The third-order valence-electron chi connectivity index (χ3n) is 6.05. The topological polar surface area (TPSA) is 88.6 Å². The van der Waals surface area contributed by atoms with Gasteiger partial charge in [-0.15, -0.1) is 0 Å². The molecule has 31 heavy (non-hydrogen) atoms. The van der Waals surface area contributed by atoms with E-state index >= 15 is 0 Å². The standard InChI is InChI=1S/C23H29Cl2N3O3/c1-27-7-5-16(12-21(27)30)18-6-8-28(14-19(18)23(26)31)13-17-10-15(4-2-3-9-29)11-20(24)22(17)25/h5,7,10-12,18-19,29H,2-4,6,8-9,13-14H2,1H3,(H2,26,31). The average molecular weight is 466 g/mol. The third kappa shape index (κ3) is 5.89. The second-order valence-electron chi connectivity index (χ2n) is 8.28. The van der Waals surface area contributed by atoms with Crippen molar-refractivity contribution in [3.05, 3.63) is 67.6 Å². The van der Waals surface area contributed by atoms with E-state index in [0.29, 0.717) is 23.1 Å². The van der Waals surface area contributed by atoms with Crippen molar-refractivity contribution in [2.75, 3.05) is 19.7 Å². The van der Waals surface area contributed by atoms with Crippen LogP contribution in [0.1, 0.15) is 41.9 Å². The minimum Gasteiger partial charge on any atom is -0.396 e. The molecular formula is C23H29Cl2N3O3. The van der Waals surface area contributed by atoms with E-state index in [-0.39, 0.29) is 29.9 Å². The first-order valence-electron chi connectivity index (χ1n) is 10.6. The Labute approximate surface area is 192 Å². The van der Waals surface area contributed by atoms with Gasteiger partial charge in [0.2, 0.25) is 5.91 Å². The largest absolute Gasteiger partial charge is 0.396 e. The number of aromatic nitrogens is 1. The van der Waals surface area contributed by atoms with Crippen LogP contribution in [-0.4, -0.2) is 40.2 Å². The molecule has 0 aliphatic carbocycles. The van der Waals surface area contributed by atoms with Crippen molar-refractivity contribution in [3.8, 4) is 0 Å². The number of nitrogens with two attached hydrogens (primary N) is 1. The molecule has 1 aliphatic rings. The summed E-state index contributed by atoms with van der Waals surface area (Å²) in [5.41, 5.74) is 8.52. The van der Waals surface area contributed by atoms with E-state index in [4.69, 9.17) is 34.0 Å². The number of piperidine rings is 1. The van der Waals surface area contributed by atoms with E-state index in [1.807, 2.05) is 12.1 Å². The average Bonchev–Trinajstić information content (AvgIpc) is 2.73. The second-order valence-corrected chi connectivity index (χ2v) is 9.06. The third-order valence-corrected chi connectivity index (χ3v) is 6.89. The first-order valence-corrected chi connectivity index (χ1v) is 11.3. The Morgan fingerprint density at radius 3 is 2.71 bits per heavy atom. The number of pyridine rings is 1. The molecule has 0 bridgehead atoms. The molecule has 168 valence electrons. The molecule has 1 aromatic carbocycles. The highest BCUT2D eigenvalue weighted by Gasteiger charge is 2.34. The van der Waals surface area contributed by atoms with Crippen LogP contribution in [0.2, 0.25) is 10.0 Å². The molecule has 3 N–H and O–H groups in total. The van der Waals surface area contributed by atoms with Gasteiger partial charge in [0, 0.05) is 39.0 Å². The molecule has 2 heterocycles. The van der Waals surface area contributed by atoms with Gasteiger partial charge >= 0.3 is 0 Å². The lowest BCUT2D eigenvalue weighted by molar-refractivity contribution is -0.124. The lowest BCUT2D eigenvalue weighted by Crippen LogP contribution is -2.45. The minimum absolute atomic E-state index is 0.0773. The Morgan fingerprint density at radius 1 is 1.26 bits per heavy atom. The summed E-state index contributed by atoms with van der Waals surface area (Å²) in [6.45, 7) is 1.99. The summed E-state index contributed by atoms with van der Waals surface area (Å²) in [5, 5.41) is 10.0. The highest BCUT2D eigenvalue weighted by atomic mass is 35.5. The fourth-order valence-corrected chi connectivity index (χ4v) is 4.72. The molecule has 1 saturated heterocycles. The number of hydrogen-bond donors (Lipinski definition) is 2. The van der Waals surface area contributed by atoms with Gasteiger partial charge in [-0.1, -0.05) is 29.3 Å². The normalized spacial score (nSPS) is 19.5. The van der Waals surface area contributed by atoms with Crippen molar-refractivity contribution < 1.29 is 9.90 Å². The zero-order chi connectivity index (χ0) is 22.5. The van der Waals surface area contributed by atoms with Crippen molar-refractivity contribution in [1.82, 2.24) is 9.47 Å². The lowest BCUT2D eigenvalue weighted by Gasteiger charge is -2.37. The number of likely N-dealkylation sites (tertiary alicyclic amines) is 1. The molecule has 1 amide bonds. The number of aliphatic hydroxyl groups excluding tert-OH is 1. The van der Waals surface area contributed by atoms with Crippen molar-refractivity contribution in [3.63, 3.8) is 0 Å². The highest BCUT2D eigenvalue weighted by molar-refractivity contribution is 6.42. The number of aryl methyl sites for hydroxylation is 2. The van der Waals surface area contributed by atoms with Gasteiger partial charge in [-0.3, -0.25) is 14.5 Å². The maximum atomic E-state index is 12.3. The van der Waals surface area contributed by atoms with Crippen LogP contribution in [0.3, 0.4) is 0 Å². The van der Waals surface area contributed by atoms with Gasteiger partial charge in [0.05, 0.1) is 16.0 Å². The number of amides is 1. The van der Waals surface area contributed by atoms with E-state index in [2.05, 4.69) is 11.0 Å². The number of primary amides is 1. The van der Waals surface area contributed by atoms with Crippen LogP contribution in [0.25, 0.3) is 0 Å². The number of rotatable bonds is 8. The first-order chi connectivity index (χ1) is 14.8. The Balaban J connectivity index is 1.76. The number of nitrogens with zero attached hydrogens (tertiary/aromatic N) is 2. The lowest BCUT2D eigenvalue weighted by atomic mass is 9.80. The van der Waals surface area contributed by atoms with Crippen molar-refractivity contribution in [2.45, 2.75) is 38.1 Å². The van der Waals surface area contributed by atoms with E-state index in [1.54, 1.807) is 19.3 Å². The van der Waals surface area contributed by atoms with Gasteiger partial charge in [-0.05, 0) is 67.0 Å². The van der Waals surface area contributed by atoms with Crippen LogP contribution in [0, 0.1) is 5.92 Å². The Morgan fingerprint density at radius 2 is 2.03 bits per heavy atom. The molecule has 2 aromatic rings. The number of aliphatic hydroxyl groups is 1. The fraction of sp³-hybridized carbons (Fsp3) is 0.478. The monoisotopic (exact) mass is 465 g/mol. The van der Waals surface area contributed by atoms with Gasteiger partial charge < -0.3 is 15.4 Å². The Kier molecular flexibility index (Phi) is 8.17. The maximum absolute atomic E-state index is 12.3. The summed E-state index contributed by atoms with van der Waals surface area (Å²) < 4.78 is 1.51. The predicted octanol–water partition coefficient (Wildman–Crippen LogP) is 3.10. The summed E-state index contributed by atoms with van der Waals surface area (Å²) in [7, 11) is 1.70. The molecule has 0 radical (unpaired) electrons. The molecular weight excluding hydrogens is 437 g/mol. The van der Waals surface area contributed by atoms with Crippen LogP contribution < -0.4 is 11.3 Å². The highest BCUT2D eigenvalue weighted by Crippen LogP contribution is 2.35. The Hall–Kier alpha value is -1.86. The van der Waals surface area contributed by atoms with Gasteiger partial charge in [0.1, 0.15) is 0 Å². The summed E-state index contributed by atoms with van der Waals surface area (Å²) in [5.74, 6) is -0.827. The number of halogens is 2. The Bertz CT molecular complexity index is 993. The quantitative estimate of drug-likeness (QED) is 0.586. The van der Waals surface area contributed by atoms with Gasteiger partial charge in [-0.25, -0.2) is 0 Å². The fourth-order valence-electron chi connectivity index (χ4n) is 4.29. The van der Waals surface area contributed by atoms with E-state index < -0.39 is 0 Å². The number of carbonyl (C=O) groups is 1. The van der Waals surface area contributed by atoms with Crippen molar-refractivity contribution in [2.24, 2.45) is 18.7 Å². The molecule has 1 aromatic heterocycles. The van der Waals surface area contributed by atoms with Gasteiger partial charge in [-0.2, -0.15) is 0 Å². The SMILES string of the molecule is Cn1ccc(C2CCN(Cc3cc(CCCCO)cc(Cl)c3Cl)CC2C(N)=O)cc1=O. The predicted molar refractivity (Wildman–Crippen MR) is 123 cm³/mol. The van der Waals surface area contributed by atoms with Gasteiger partial charge in [0.25, 0.3) is 5.56 Å².